The monoisotopic (exact) mass is 364 g/mol. The molecular formula is C18H21ClN2O4. The van der Waals surface area contributed by atoms with Crippen molar-refractivity contribution in [2.45, 2.75) is 19.4 Å². The maximum atomic E-state index is 12.3. The summed E-state index contributed by atoms with van der Waals surface area (Å²) in [6, 6.07) is 8.08. The average molecular weight is 365 g/mol. The number of furan rings is 1. The molecule has 134 valence electrons. The molecule has 0 radical (unpaired) electrons. The van der Waals surface area contributed by atoms with Gasteiger partial charge in [-0.05, 0) is 37.6 Å². The van der Waals surface area contributed by atoms with Gasteiger partial charge in [-0.25, -0.2) is 0 Å². The van der Waals surface area contributed by atoms with Crippen LogP contribution in [0.4, 0.5) is 0 Å². The summed E-state index contributed by atoms with van der Waals surface area (Å²) in [5, 5.41) is 3.27. The molecule has 1 atom stereocenters. The van der Waals surface area contributed by atoms with Crippen molar-refractivity contribution in [2.24, 2.45) is 0 Å². The predicted octanol–water partition coefficient (Wildman–Crippen LogP) is 2.98. The maximum Gasteiger partial charge on any atom is 0.255 e. The molecule has 0 spiro atoms. The van der Waals surface area contributed by atoms with E-state index in [4.69, 9.17) is 20.8 Å². The molecule has 0 aliphatic carbocycles. The number of nitrogens with zero attached hydrogens (tertiary/aromatic N) is 1. The van der Waals surface area contributed by atoms with Crippen molar-refractivity contribution in [3.05, 3.63) is 53.4 Å². The fraction of sp³-hybridized carbons (Fsp3) is 0.333. The highest BCUT2D eigenvalue weighted by molar-refractivity contribution is 6.30. The summed E-state index contributed by atoms with van der Waals surface area (Å²) in [6.45, 7) is 2.64. The topological polar surface area (TPSA) is 71.8 Å². The summed E-state index contributed by atoms with van der Waals surface area (Å²) in [5.74, 6) is 0.189. The van der Waals surface area contributed by atoms with E-state index in [2.05, 4.69) is 5.32 Å². The van der Waals surface area contributed by atoms with Crippen LogP contribution in [0.15, 0.2) is 47.3 Å². The standard InChI is InChI=1S/C18H21ClN2O4/c1-13(20-17(22)14-7-10-24-12-14)18(23)21(2)8-4-9-25-16-6-3-5-15(19)11-16/h3,5-7,10-13H,4,8-9H2,1-2H3,(H,20,22). The smallest absolute Gasteiger partial charge is 0.255 e. The lowest BCUT2D eigenvalue weighted by atomic mass is 10.2. The van der Waals surface area contributed by atoms with Gasteiger partial charge in [0.2, 0.25) is 5.91 Å². The maximum absolute atomic E-state index is 12.3. The molecule has 6 nitrogen and oxygen atoms in total. The second-order valence-electron chi connectivity index (χ2n) is 5.63. The minimum absolute atomic E-state index is 0.167. The Balaban J connectivity index is 1.71. The molecule has 1 unspecified atom stereocenters. The van der Waals surface area contributed by atoms with E-state index >= 15 is 0 Å². The van der Waals surface area contributed by atoms with Gasteiger partial charge in [-0.3, -0.25) is 9.59 Å². The zero-order valence-corrected chi connectivity index (χ0v) is 15.0. The van der Waals surface area contributed by atoms with Gasteiger partial charge in [-0.15, -0.1) is 0 Å². The number of halogens is 1. The summed E-state index contributed by atoms with van der Waals surface area (Å²) >= 11 is 5.89. The first-order valence-corrected chi connectivity index (χ1v) is 8.31. The molecule has 0 aliphatic heterocycles. The van der Waals surface area contributed by atoms with E-state index in [1.165, 1.54) is 12.5 Å². The largest absolute Gasteiger partial charge is 0.493 e. The van der Waals surface area contributed by atoms with Crippen LogP contribution >= 0.6 is 11.6 Å². The lowest BCUT2D eigenvalue weighted by Gasteiger charge is -2.22. The van der Waals surface area contributed by atoms with Crippen molar-refractivity contribution < 1.29 is 18.7 Å². The lowest BCUT2D eigenvalue weighted by Crippen LogP contribution is -2.45. The van der Waals surface area contributed by atoms with Crippen LogP contribution in [0.3, 0.4) is 0 Å². The molecule has 1 N–H and O–H groups in total. The van der Waals surface area contributed by atoms with Crippen molar-refractivity contribution in [1.29, 1.82) is 0 Å². The Morgan fingerprint density at radius 3 is 2.84 bits per heavy atom. The molecule has 1 heterocycles. The van der Waals surface area contributed by atoms with Gasteiger partial charge >= 0.3 is 0 Å². The number of likely N-dealkylation sites (N-methyl/N-ethyl adjacent to an activating group) is 1. The van der Waals surface area contributed by atoms with Gasteiger partial charge in [-0.1, -0.05) is 17.7 Å². The summed E-state index contributed by atoms with van der Waals surface area (Å²) in [5.41, 5.74) is 0.386. The molecule has 2 rings (SSSR count). The molecular weight excluding hydrogens is 344 g/mol. The van der Waals surface area contributed by atoms with Crippen molar-refractivity contribution in [2.75, 3.05) is 20.2 Å². The van der Waals surface area contributed by atoms with E-state index in [1.807, 2.05) is 12.1 Å². The Morgan fingerprint density at radius 2 is 2.16 bits per heavy atom. The van der Waals surface area contributed by atoms with Gasteiger partial charge in [0.15, 0.2) is 0 Å². The molecule has 1 aromatic carbocycles. The average Bonchev–Trinajstić information content (AvgIpc) is 3.12. The third-order valence-electron chi connectivity index (χ3n) is 3.58. The van der Waals surface area contributed by atoms with Crippen LogP contribution in [0.2, 0.25) is 5.02 Å². The van der Waals surface area contributed by atoms with E-state index < -0.39 is 6.04 Å². The van der Waals surface area contributed by atoms with Crippen molar-refractivity contribution in [3.63, 3.8) is 0 Å². The van der Waals surface area contributed by atoms with Crippen LogP contribution in [-0.2, 0) is 4.79 Å². The Morgan fingerprint density at radius 1 is 1.36 bits per heavy atom. The molecule has 0 saturated heterocycles. The van der Waals surface area contributed by atoms with E-state index in [0.717, 1.165) is 0 Å². The van der Waals surface area contributed by atoms with Gasteiger partial charge < -0.3 is 19.4 Å². The van der Waals surface area contributed by atoms with Crippen molar-refractivity contribution in [3.8, 4) is 5.75 Å². The highest BCUT2D eigenvalue weighted by atomic mass is 35.5. The number of nitrogens with one attached hydrogen (secondary N) is 1. The number of rotatable bonds is 8. The molecule has 2 aromatic rings. The Bertz CT molecular complexity index is 703. The fourth-order valence-electron chi connectivity index (χ4n) is 2.22. The van der Waals surface area contributed by atoms with Gasteiger partial charge in [0.05, 0.1) is 18.4 Å². The van der Waals surface area contributed by atoms with Gasteiger partial charge in [0.1, 0.15) is 18.1 Å². The third kappa shape index (κ3) is 5.83. The van der Waals surface area contributed by atoms with E-state index in [-0.39, 0.29) is 11.8 Å². The van der Waals surface area contributed by atoms with E-state index in [0.29, 0.717) is 35.9 Å². The number of carbonyl (C=O) groups is 2. The molecule has 25 heavy (non-hydrogen) atoms. The van der Waals surface area contributed by atoms with Crippen LogP contribution in [0.25, 0.3) is 0 Å². The number of ether oxygens (including phenoxy) is 1. The molecule has 0 fully saturated rings. The van der Waals surface area contributed by atoms with Crippen LogP contribution in [0.5, 0.6) is 5.75 Å². The number of amides is 2. The minimum Gasteiger partial charge on any atom is -0.493 e. The van der Waals surface area contributed by atoms with Gasteiger partial charge in [0.25, 0.3) is 5.91 Å². The SMILES string of the molecule is CC(NC(=O)c1ccoc1)C(=O)N(C)CCCOc1cccc(Cl)c1. The molecule has 1 aromatic heterocycles. The zero-order chi connectivity index (χ0) is 18.2. The van der Waals surface area contributed by atoms with Crippen molar-refractivity contribution >= 4 is 23.4 Å². The molecule has 2 amide bonds. The summed E-state index contributed by atoms with van der Waals surface area (Å²) in [6.07, 6.45) is 3.41. The second kappa shape index (κ2) is 9.13. The van der Waals surface area contributed by atoms with Gasteiger partial charge in [0, 0.05) is 18.6 Å². The van der Waals surface area contributed by atoms with Crippen LogP contribution in [0.1, 0.15) is 23.7 Å². The van der Waals surface area contributed by atoms with Crippen LogP contribution in [-0.4, -0.2) is 43.0 Å². The Labute approximate surface area is 151 Å². The molecule has 0 aliphatic rings. The minimum atomic E-state index is -0.624. The highest BCUT2D eigenvalue weighted by Crippen LogP contribution is 2.17. The zero-order valence-electron chi connectivity index (χ0n) is 14.2. The summed E-state index contributed by atoms with van der Waals surface area (Å²) in [4.78, 5) is 25.8. The van der Waals surface area contributed by atoms with Crippen LogP contribution in [0, 0.1) is 0 Å². The third-order valence-corrected chi connectivity index (χ3v) is 3.82. The van der Waals surface area contributed by atoms with Crippen molar-refractivity contribution in [1.82, 2.24) is 10.2 Å². The fourth-order valence-corrected chi connectivity index (χ4v) is 2.40. The van der Waals surface area contributed by atoms with Gasteiger partial charge in [-0.2, -0.15) is 0 Å². The summed E-state index contributed by atoms with van der Waals surface area (Å²) in [7, 11) is 1.70. The Hall–Kier alpha value is -2.47. The predicted molar refractivity (Wildman–Crippen MR) is 94.8 cm³/mol. The number of carbonyl (C=O) groups excluding carboxylic acids is 2. The van der Waals surface area contributed by atoms with E-state index in [9.17, 15) is 9.59 Å². The quantitative estimate of drug-likeness (QED) is 0.731. The second-order valence-corrected chi connectivity index (χ2v) is 6.06. The number of hydrogen-bond donors (Lipinski definition) is 1. The first-order valence-electron chi connectivity index (χ1n) is 7.94. The Kier molecular flexibility index (Phi) is 6.89. The first-order chi connectivity index (χ1) is 12.0. The van der Waals surface area contributed by atoms with Crippen LogP contribution < -0.4 is 10.1 Å². The normalized spacial score (nSPS) is 11.6. The molecule has 7 heteroatoms. The number of hydrogen-bond acceptors (Lipinski definition) is 4. The highest BCUT2D eigenvalue weighted by Gasteiger charge is 2.20. The lowest BCUT2D eigenvalue weighted by molar-refractivity contribution is -0.131. The first kappa shape index (κ1) is 18.9. The molecule has 0 saturated carbocycles. The number of benzene rings is 1. The molecule has 0 bridgehead atoms. The van der Waals surface area contributed by atoms with E-state index in [1.54, 1.807) is 37.1 Å². The summed E-state index contributed by atoms with van der Waals surface area (Å²) < 4.78 is 10.4.